The minimum atomic E-state index is -0.448. The minimum absolute atomic E-state index is 0.168. The molecule has 0 radical (unpaired) electrons. The Bertz CT molecular complexity index is 554. The van der Waals surface area contributed by atoms with Gasteiger partial charge in [-0.3, -0.25) is 4.90 Å². The second kappa shape index (κ2) is 7.83. The van der Waals surface area contributed by atoms with Crippen molar-refractivity contribution in [2.75, 3.05) is 13.1 Å². The van der Waals surface area contributed by atoms with E-state index < -0.39 is 5.60 Å². The number of alkyl carbamates (subject to hydrolysis) is 1. The van der Waals surface area contributed by atoms with Gasteiger partial charge in [-0.25, -0.2) is 4.79 Å². The molecule has 0 spiro atoms. The maximum absolute atomic E-state index is 11.9. The van der Waals surface area contributed by atoms with Crippen LogP contribution >= 0.6 is 22.6 Å². The number of halogens is 1. The fraction of sp³-hybridized carbons (Fsp3) is 0.611. The number of hydrogen-bond acceptors (Lipinski definition) is 3. The lowest BCUT2D eigenvalue weighted by atomic mass is 10.0. The highest BCUT2D eigenvalue weighted by molar-refractivity contribution is 14.1. The molecule has 0 aliphatic carbocycles. The first-order valence-corrected chi connectivity index (χ1v) is 9.28. The lowest BCUT2D eigenvalue weighted by molar-refractivity contribution is 0.0470. The van der Waals surface area contributed by atoms with Crippen LogP contribution in [0.3, 0.4) is 0 Å². The molecular weight excluding hydrogens is 403 g/mol. The summed E-state index contributed by atoms with van der Waals surface area (Å²) in [5.74, 6) is 0. The number of amides is 1. The molecule has 1 heterocycles. The van der Waals surface area contributed by atoms with Crippen LogP contribution in [-0.2, 0) is 11.3 Å². The molecule has 4 nitrogen and oxygen atoms in total. The molecule has 1 aliphatic heterocycles. The van der Waals surface area contributed by atoms with E-state index in [1.165, 1.54) is 14.7 Å². The first-order chi connectivity index (χ1) is 10.7. The average Bonchev–Trinajstić information content (AvgIpc) is 2.42. The molecule has 0 saturated carbocycles. The zero-order valence-electron chi connectivity index (χ0n) is 14.5. The van der Waals surface area contributed by atoms with E-state index in [0.29, 0.717) is 0 Å². The van der Waals surface area contributed by atoms with Gasteiger partial charge < -0.3 is 10.1 Å². The number of nitrogens with zero attached hydrogens (tertiary/aromatic N) is 1. The standard InChI is InChI=1S/C18H27IN2O2/c1-13-7-5-8-14(16(13)19)11-21-10-6-9-15(12-21)20-17(22)23-18(2,3)4/h5,7-8,15H,6,9-12H2,1-4H3,(H,20,22)/t15-/m0/s1. The molecule has 1 amide bonds. The molecule has 128 valence electrons. The lowest BCUT2D eigenvalue weighted by Gasteiger charge is -2.33. The van der Waals surface area contributed by atoms with Crippen LogP contribution in [0.5, 0.6) is 0 Å². The molecule has 1 aromatic carbocycles. The van der Waals surface area contributed by atoms with E-state index in [9.17, 15) is 4.79 Å². The molecular formula is C18H27IN2O2. The van der Waals surface area contributed by atoms with Gasteiger partial charge in [-0.2, -0.15) is 0 Å². The predicted molar refractivity (Wildman–Crippen MR) is 102 cm³/mol. The van der Waals surface area contributed by atoms with Crippen LogP contribution < -0.4 is 5.32 Å². The topological polar surface area (TPSA) is 41.6 Å². The third kappa shape index (κ3) is 5.95. The highest BCUT2D eigenvalue weighted by Crippen LogP contribution is 2.20. The van der Waals surface area contributed by atoms with Crippen LogP contribution in [0.4, 0.5) is 4.79 Å². The fourth-order valence-corrected chi connectivity index (χ4v) is 3.39. The number of ether oxygens (including phenoxy) is 1. The Kier molecular flexibility index (Phi) is 6.31. The summed E-state index contributed by atoms with van der Waals surface area (Å²) in [6.07, 6.45) is 1.80. The molecule has 1 atom stereocenters. The van der Waals surface area contributed by atoms with Crippen LogP contribution in [0.1, 0.15) is 44.7 Å². The van der Waals surface area contributed by atoms with Crippen molar-refractivity contribution < 1.29 is 9.53 Å². The van der Waals surface area contributed by atoms with Crippen molar-refractivity contribution in [3.63, 3.8) is 0 Å². The molecule has 23 heavy (non-hydrogen) atoms. The van der Waals surface area contributed by atoms with E-state index in [2.05, 4.69) is 57.9 Å². The average molecular weight is 430 g/mol. The van der Waals surface area contributed by atoms with Gasteiger partial charge in [-0.15, -0.1) is 0 Å². The normalized spacial score (nSPS) is 19.4. The van der Waals surface area contributed by atoms with Crippen molar-refractivity contribution in [3.05, 3.63) is 32.9 Å². The van der Waals surface area contributed by atoms with Gasteiger partial charge in [0.15, 0.2) is 0 Å². The summed E-state index contributed by atoms with van der Waals surface area (Å²) >= 11 is 2.42. The van der Waals surface area contributed by atoms with Crippen molar-refractivity contribution >= 4 is 28.7 Å². The number of hydrogen-bond donors (Lipinski definition) is 1. The van der Waals surface area contributed by atoms with Crippen LogP contribution in [0.25, 0.3) is 0 Å². The van der Waals surface area contributed by atoms with Gasteiger partial charge in [0.2, 0.25) is 0 Å². The Balaban J connectivity index is 1.91. The Morgan fingerprint density at radius 3 is 2.87 bits per heavy atom. The predicted octanol–water partition coefficient (Wildman–Crippen LogP) is 4.09. The molecule has 1 aliphatic rings. The Morgan fingerprint density at radius 2 is 2.17 bits per heavy atom. The van der Waals surface area contributed by atoms with Gasteiger partial charge in [-0.1, -0.05) is 18.2 Å². The SMILES string of the molecule is Cc1cccc(CN2CCC[C@H](NC(=O)OC(C)(C)C)C2)c1I. The zero-order chi connectivity index (χ0) is 17.0. The van der Waals surface area contributed by atoms with Gasteiger partial charge in [-0.05, 0) is 80.8 Å². The number of benzene rings is 1. The molecule has 1 fully saturated rings. The van der Waals surface area contributed by atoms with Crippen molar-refractivity contribution in [3.8, 4) is 0 Å². The second-order valence-corrected chi connectivity index (χ2v) is 8.35. The number of nitrogens with one attached hydrogen (secondary N) is 1. The van der Waals surface area contributed by atoms with Gasteiger partial charge in [0.25, 0.3) is 0 Å². The maximum Gasteiger partial charge on any atom is 0.407 e. The van der Waals surface area contributed by atoms with Crippen molar-refractivity contribution in [2.24, 2.45) is 0 Å². The Morgan fingerprint density at radius 1 is 1.43 bits per heavy atom. The molecule has 1 aromatic rings. The molecule has 5 heteroatoms. The maximum atomic E-state index is 11.9. The highest BCUT2D eigenvalue weighted by atomic mass is 127. The van der Waals surface area contributed by atoms with Crippen molar-refractivity contribution in [2.45, 2.75) is 58.7 Å². The van der Waals surface area contributed by atoms with Crippen LogP contribution in [0.2, 0.25) is 0 Å². The monoisotopic (exact) mass is 430 g/mol. The smallest absolute Gasteiger partial charge is 0.407 e. The number of carbonyl (C=O) groups is 1. The Labute approximate surface area is 153 Å². The highest BCUT2D eigenvalue weighted by Gasteiger charge is 2.24. The van der Waals surface area contributed by atoms with E-state index >= 15 is 0 Å². The summed E-state index contributed by atoms with van der Waals surface area (Å²) < 4.78 is 6.70. The fourth-order valence-electron chi connectivity index (χ4n) is 2.86. The zero-order valence-corrected chi connectivity index (χ0v) is 16.6. The third-order valence-electron chi connectivity index (χ3n) is 3.89. The number of likely N-dealkylation sites (tertiary alicyclic amines) is 1. The quantitative estimate of drug-likeness (QED) is 0.735. The summed E-state index contributed by atoms with van der Waals surface area (Å²) in [7, 11) is 0. The van der Waals surface area contributed by atoms with Crippen LogP contribution in [0.15, 0.2) is 18.2 Å². The summed E-state index contributed by atoms with van der Waals surface area (Å²) in [5, 5.41) is 3.01. The molecule has 0 aromatic heterocycles. The van der Waals surface area contributed by atoms with Gasteiger partial charge in [0.05, 0.1) is 0 Å². The second-order valence-electron chi connectivity index (χ2n) is 7.27. The largest absolute Gasteiger partial charge is 0.444 e. The van der Waals surface area contributed by atoms with E-state index in [-0.39, 0.29) is 12.1 Å². The number of aryl methyl sites for hydroxylation is 1. The summed E-state index contributed by atoms with van der Waals surface area (Å²) in [5.41, 5.74) is 2.24. The molecule has 0 bridgehead atoms. The molecule has 0 unspecified atom stereocenters. The lowest BCUT2D eigenvalue weighted by Crippen LogP contribution is -2.48. The summed E-state index contributed by atoms with van der Waals surface area (Å²) in [4.78, 5) is 14.4. The van der Waals surface area contributed by atoms with E-state index in [4.69, 9.17) is 4.74 Å². The first kappa shape index (κ1) is 18.5. The summed E-state index contributed by atoms with van der Waals surface area (Å²) in [6, 6.07) is 6.63. The molecule has 1 saturated heterocycles. The van der Waals surface area contributed by atoms with Crippen molar-refractivity contribution in [1.82, 2.24) is 10.2 Å². The molecule has 2 rings (SSSR count). The van der Waals surface area contributed by atoms with E-state index in [1.807, 2.05) is 20.8 Å². The van der Waals surface area contributed by atoms with Crippen molar-refractivity contribution in [1.29, 1.82) is 0 Å². The van der Waals surface area contributed by atoms with Gasteiger partial charge in [0, 0.05) is 22.7 Å². The van der Waals surface area contributed by atoms with E-state index in [1.54, 1.807) is 0 Å². The Hall–Kier alpha value is -0.820. The number of rotatable bonds is 3. The molecule has 1 N–H and O–H groups in total. The van der Waals surface area contributed by atoms with E-state index in [0.717, 1.165) is 32.5 Å². The van der Waals surface area contributed by atoms with Gasteiger partial charge in [0.1, 0.15) is 5.60 Å². The number of carbonyl (C=O) groups excluding carboxylic acids is 1. The van der Waals surface area contributed by atoms with Crippen LogP contribution in [0, 0.1) is 10.5 Å². The third-order valence-corrected chi connectivity index (χ3v) is 5.44. The van der Waals surface area contributed by atoms with Crippen LogP contribution in [-0.4, -0.2) is 35.7 Å². The number of piperidine rings is 1. The van der Waals surface area contributed by atoms with Gasteiger partial charge >= 0.3 is 6.09 Å². The summed E-state index contributed by atoms with van der Waals surface area (Å²) in [6.45, 7) is 10.7. The first-order valence-electron chi connectivity index (χ1n) is 8.20. The minimum Gasteiger partial charge on any atom is -0.444 e.